The Morgan fingerprint density at radius 3 is 2.08 bits per heavy atom. The van der Waals surface area contributed by atoms with Gasteiger partial charge in [-0.2, -0.15) is 13.2 Å². The molecule has 138 valence electrons. The van der Waals surface area contributed by atoms with Gasteiger partial charge in [-0.05, 0) is 37.1 Å². The van der Waals surface area contributed by atoms with Crippen molar-refractivity contribution in [1.82, 2.24) is 10.2 Å². The number of likely N-dealkylation sites (tertiary alicyclic amines) is 1. The molecule has 1 saturated heterocycles. The van der Waals surface area contributed by atoms with Crippen LogP contribution in [-0.2, 0) is 14.6 Å². The molecule has 1 aliphatic rings. The second-order valence-corrected chi connectivity index (χ2v) is 7.60. The molecule has 0 aromatic heterocycles. The Labute approximate surface area is 142 Å². The second-order valence-electron chi connectivity index (χ2n) is 5.65. The number of rotatable bonds is 3. The van der Waals surface area contributed by atoms with Crippen molar-refractivity contribution >= 4 is 21.7 Å². The van der Waals surface area contributed by atoms with Crippen molar-refractivity contribution in [3.05, 3.63) is 29.8 Å². The lowest BCUT2D eigenvalue weighted by Gasteiger charge is -2.31. The predicted molar refractivity (Wildman–Crippen MR) is 82.4 cm³/mol. The molecular formula is C15H17F3N2O4S. The van der Waals surface area contributed by atoms with Gasteiger partial charge >= 0.3 is 5.51 Å². The van der Waals surface area contributed by atoms with Gasteiger partial charge in [-0.1, -0.05) is 0 Å². The fraction of sp³-hybridized carbons (Fsp3) is 0.467. The van der Waals surface area contributed by atoms with Crippen molar-refractivity contribution in [2.45, 2.75) is 23.2 Å². The molecule has 0 aliphatic carbocycles. The molecule has 1 aromatic rings. The Kier molecular flexibility index (Phi) is 5.40. The number of nitrogens with zero attached hydrogens (tertiary/aromatic N) is 1. The lowest BCUT2D eigenvalue weighted by molar-refractivity contribution is -0.125. The van der Waals surface area contributed by atoms with Crippen LogP contribution in [0.15, 0.2) is 29.2 Å². The van der Waals surface area contributed by atoms with E-state index < -0.39 is 26.1 Å². The summed E-state index contributed by atoms with van der Waals surface area (Å²) in [6.45, 7) is 0.693. The van der Waals surface area contributed by atoms with Gasteiger partial charge < -0.3 is 10.2 Å². The van der Waals surface area contributed by atoms with E-state index in [2.05, 4.69) is 5.32 Å². The number of hydrogen-bond acceptors (Lipinski definition) is 4. The van der Waals surface area contributed by atoms with Crippen LogP contribution in [0, 0.1) is 5.92 Å². The van der Waals surface area contributed by atoms with Gasteiger partial charge in [-0.3, -0.25) is 9.59 Å². The number of carbonyl (C=O) groups excluding carboxylic acids is 2. The van der Waals surface area contributed by atoms with Crippen LogP contribution in [-0.4, -0.2) is 50.8 Å². The third-order valence-electron chi connectivity index (χ3n) is 4.12. The largest absolute Gasteiger partial charge is 0.501 e. The van der Waals surface area contributed by atoms with Crippen LogP contribution in [0.4, 0.5) is 13.2 Å². The number of nitrogens with one attached hydrogen (secondary N) is 1. The highest BCUT2D eigenvalue weighted by Crippen LogP contribution is 2.30. The van der Waals surface area contributed by atoms with Crippen LogP contribution >= 0.6 is 0 Å². The van der Waals surface area contributed by atoms with E-state index in [0.717, 1.165) is 24.3 Å². The maximum atomic E-state index is 12.5. The average molecular weight is 378 g/mol. The van der Waals surface area contributed by atoms with E-state index in [1.54, 1.807) is 0 Å². The molecule has 0 atom stereocenters. The molecule has 1 aromatic carbocycles. The van der Waals surface area contributed by atoms with Crippen molar-refractivity contribution < 1.29 is 31.2 Å². The molecule has 6 nitrogen and oxygen atoms in total. The first-order valence-corrected chi connectivity index (χ1v) is 8.98. The first kappa shape index (κ1) is 19.2. The standard InChI is InChI=1S/C15H17F3N2O4S/c1-19-13(21)10-6-8-20(9-7-10)14(22)11-2-4-12(5-3-11)25(23,24)15(16,17)18/h2-5,10H,6-9H2,1H3,(H,19,21). The predicted octanol–water partition coefficient (Wildman–Crippen LogP) is 1.58. The SMILES string of the molecule is CNC(=O)C1CCN(C(=O)c2ccc(S(=O)(=O)C(F)(F)F)cc2)CC1. The van der Waals surface area contributed by atoms with Crippen molar-refractivity contribution in [2.24, 2.45) is 5.92 Å². The third-order valence-corrected chi connectivity index (χ3v) is 5.62. The number of alkyl halides is 3. The van der Waals surface area contributed by atoms with Gasteiger partial charge in [0.2, 0.25) is 5.91 Å². The normalized spacial score (nSPS) is 16.6. The highest BCUT2D eigenvalue weighted by atomic mass is 32.2. The Hall–Kier alpha value is -2.10. The van der Waals surface area contributed by atoms with Gasteiger partial charge in [-0.25, -0.2) is 8.42 Å². The summed E-state index contributed by atoms with van der Waals surface area (Å²) in [7, 11) is -3.89. The van der Waals surface area contributed by atoms with Crippen molar-refractivity contribution in [2.75, 3.05) is 20.1 Å². The van der Waals surface area contributed by atoms with E-state index in [4.69, 9.17) is 0 Å². The van der Waals surface area contributed by atoms with Crippen LogP contribution < -0.4 is 5.32 Å². The first-order valence-electron chi connectivity index (χ1n) is 7.50. The molecule has 10 heteroatoms. The summed E-state index contributed by atoms with van der Waals surface area (Å²) in [5.74, 6) is -0.673. The van der Waals surface area contributed by atoms with Crippen LogP contribution in [0.3, 0.4) is 0 Å². The van der Waals surface area contributed by atoms with Crippen molar-refractivity contribution in [3.8, 4) is 0 Å². The van der Waals surface area contributed by atoms with Crippen LogP contribution in [0.1, 0.15) is 23.2 Å². The smallest absolute Gasteiger partial charge is 0.359 e. The topological polar surface area (TPSA) is 83.6 Å². The van der Waals surface area contributed by atoms with Crippen LogP contribution in [0.2, 0.25) is 0 Å². The van der Waals surface area contributed by atoms with Crippen molar-refractivity contribution in [1.29, 1.82) is 0 Å². The minimum Gasteiger partial charge on any atom is -0.359 e. The molecule has 1 N–H and O–H groups in total. The number of sulfone groups is 1. The van der Waals surface area contributed by atoms with Gasteiger partial charge in [0.1, 0.15) is 0 Å². The van der Waals surface area contributed by atoms with E-state index in [-0.39, 0.29) is 17.4 Å². The molecule has 25 heavy (non-hydrogen) atoms. The molecule has 0 saturated carbocycles. The van der Waals surface area contributed by atoms with Gasteiger partial charge in [0.05, 0.1) is 4.90 Å². The zero-order valence-electron chi connectivity index (χ0n) is 13.3. The Morgan fingerprint density at radius 1 is 1.12 bits per heavy atom. The molecule has 0 bridgehead atoms. The zero-order chi connectivity index (χ0) is 18.8. The number of amides is 2. The van der Waals surface area contributed by atoms with Gasteiger partial charge in [0, 0.05) is 31.6 Å². The minimum atomic E-state index is -5.43. The summed E-state index contributed by atoms with van der Waals surface area (Å²) in [6.07, 6.45) is 0.984. The number of carbonyl (C=O) groups is 2. The molecule has 1 fully saturated rings. The van der Waals surface area contributed by atoms with E-state index in [0.29, 0.717) is 25.9 Å². The zero-order valence-corrected chi connectivity index (χ0v) is 14.2. The Balaban J connectivity index is 2.08. The maximum Gasteiger partial charge on any atom is 0.501 e. The lowest BCUT2D eigenvalue weighted by Crippen LogP contribution is -2.42. The van der Waals surface area contributed by atoms with E-state index in [9.17, 15) is 31.2 Å². The minimum absolute atomic E-state index is 0.0891. The highest BCUT2D eigenvalue weighted by molar-refractivity contribution is 7.92. The van der Waals surface area contributed by atoms with Crippen molar-refractivity contribution in [3.63, 3.8) is 0 Å². The van der Waals surface area contributed by atoms with E-state index >= 15 is 0 Å². The number of hydrogen-bond donors (Lipinski definition) is 1. The quantitative estimate of drug-likeness (QED) is 0.866. The summed E-state index contributed by atoms with van der Waals surface area (Å²) in [5.41, 5.74) is -5.29. The lowest BCUT2D eigenvalue weighted by atomic mass is 9.95. The summed E-state index contributed by atoms with van der Waals surface area (Å²) in [6, 6.07) is 3.66. The molecule has 1 aliphatic heterocycles. The summed E-state index contributed by atoms with van der Waals surface area (Å²) < 4.78 is 60.1. The summed E-state index contributed by atoms with van der Waals surface area (Å²) >= 11 is 0. The summed E-state index contributed by atoms with van der Waals surface area (Å²) in [5, 5.41) is 2.55. The van der Waals surface area contributed by atoms with Gasteiger partial charge in [0.25, 0.3) is 15.7 Å². The average Bonchev–Trinajstić information content (AvgIpc) is 2.59. The highest BCUT2D eigenvalue weighted by Gasteiger charge is 2.46. The molecule has 1 heterocycles. The molecule has 0 spiro atoms. The maximum absolute atomic E-state index is 12.5. The molecule has 2 rings (SSSR count). The molecule has 0 unspecified atom stereocenters. The van der Waals surface area contributed by atoms with Gasteiger partial charge in [-0.15, -0.1) is 0 Å². The molecule has 0 radical (unpaired) electrons. The summed E-state index contributed by atoms with van der Waals surface area (Å²) in [4.78, 5) is 24.5. The number of halogens is 3. The number of piperidine rings is 1. The molecule has 2 amide bonds. The number of benzene rings is 1. The molecular weight excluding hydrogens is 361 g/mol. The first-order chi connectivity index (χ1) is 11.6. The fourth-order valence-electron chi connectivity index (χ4n) is 2.64. The Bertz CT molecular complexity index is 752. The monoisotopic (exact) mass is 378 g/mol. The second kappa shape index (κ2) is 7.03. The van der Waals surface area contributed by atoms with Crippen LogP contribution in [0.25, 0.3) is 0 Å². The fourth-order valence-corrected chi connectivity index (χ4v) is 3.40. The Morgan fingerprint density at radius 2 is 1.64 bits per heavy atom. The van der Waals surface area contributed by atoms with E-state index in [1.807, 2.05) is 0 Å². The van der Waals surface area contributed by atoms with Gasteiger partial charge in [0.15, 0.2) is 0 Å². The third kappa shape index (κ3) is 3.94. The van der Waals surface area contributed by atoms with E-state index in [1.165, 1.54) is 11.9 Å². The van der Waals surface area contributed by atoms with Crippen LogP contribution in [0.5, 0.6) is 0 Å².